The lowest BCUT2D eigenvalue weighted by atomic mass is 10.0. The molecule has 10 nitrogen and oxygen atoms in total. The third kappa shape index (κ3) is 4.55. The summed E-state index contributed by atoms with van der Waals surface area (Å²) in [6.45, 7) is 3.70. The first-order valence-electron chi connectivity index (χ1n) is 11.4. The molecule has 1 aliphatic heterocycles. The predicted octanol–water partition coefficient (Wildman–Crippen LogP) is 3.84. The second-order valence-electron chi connectivity index (χ2n) is 8.65. The predicted molar refractivity (Wildman–Crippen MR) is 136 cm³/mol. The Hall–Kier alpha value is -3.97. The molecule has 1 fully saturated rings. The van der Waals surface area contributed by atoms with Crippen molar-refractivity contribution in [3.63, 3.8) is 0 Å². The molecule has 0 saturated carbocycles. The SMILES string of the molecule is Cc1c2ccc(Nc3ncc(Cl)c(N(C)C4CCN(c5ccc(C#N)nn5)CC4)n3)cc2nn1C. The van der Waals surface area contributed by atoms with Crippen LogP contribution in [-0.4, -0.2) is 56.1 Å². The van der Waals surface area contributed by atoms with Crippen LogP contribution in [0.5, 0.6) is 0 Å². The van der Waals surface area contributed by atoms with Gasteiger partial charge in [0.1, 0.15) is 11.1 Å². The van der Waals surface area contributed by atoms with Gasteiger partial charge in [0.05, 0.1) is 11.7 Å². The highest BCUT2D eigenvalue weighted by Crippen LogP contribution is 2.30. The van der Waals surface area contributed by atoms with Gasteiger partial charge in [-0.1, -0.05) is 11.6 Å². The Kier molecular flexibility index (Phi) is 6.09. The summed E-state index contributed by atoms with van der Waals surface area (Å²) in [5.41, 5.74) is 3.22. The fraction of sp³-hybridized carbons (Fsp3) is 0.333. The topological polar surface area (TPSA) is 112 Å². The molecule has 1 aliphatic rings. The molecule has 0 aliphatic carbocycles. The molecule has 4 heterocycles. The van der Waals surface area contributed by atoms with Crippen LogP contribution >= 0.6 is 11.6 Å². The maximum atomic E-state index is 8.92. The highest BCUT2D eigenvalue weighted by atomic mass is 35.5. The molecule has 3 aromatic heterocycles. The summed E-state index contributed by atoms with van der Waals surface area (Å²) in [6, 6.07) is 11.9. The van der Waals surface area contributed by atoms with Crippen molar-refractivity contribution in [2.45, 2.75) is 25.8 Å². The molecule has 0 spiro atoms. The van der Waals surface area contributed by atoms with Crippen LogP contribution in [0.25, 0.3) is 10.9 Å². The van der Waals surface area contributed by atoms with E-state index in [1.165, 1.54) is 0 Å². The van der Waals surface area contributed by atoms with Crippen molar-refractivity contribution in [1.29, 1.82) is 5.26 Å². The number of benzene rings is 1. The van der Waals surface area contributed by atoms with Crippen molar-refractivity contribution < 1.29 is 0 Å². The van der Waals surface area contributed by atoms with Crippen molar-refractivity contribution >= 4 is 45.8 Å². The Bertz CT molecular complexity index is 1400. The van der Waals surface area contributed by atoms with Gasteiger partial charge in [-0.05, 0) is 50.1 Å². The Labute approximate surface area is 208 Å². The normalized spacial score (nSPS) is 14.2. The largest absolute Gasteiger partial charge is 0.355 e. The fourth-order valence-electron chi connectivity index (χ4n) is 4.41. The van der Waals surface area contributed by atoms with Gasteiger partial charge < -0.3 is 15.1 Å². The first-order chi connectivity index (χ1) is 16.9. The first-order valence-corrected chi connectivity index (χ1v) is 11.8. The standard InChI is InChI=1S/C24H25ClN10/c1-15-19-6-4-16(12-21(19)32-34(15)3)28-24-27-14-20(25)23(29-24)33(2)18-8-10-35(11-9-18)22-7-5-17(13-26)30-31-22/h4-7,12,14,18H,8-11H2,1-3H3,(H,27,28,29). The van der Waals surface area contributed by atoms with Gasteiger partial charge in [0.2, 0.25) is 5.95 Å². The Morgan fingerprint density at radius 2 is 1.97 bits per heavy atom. The number of aromatic nitrogens is 6. The number of nitrogens with one attached hydrogen (secondary N) is 1. The number of rotatable bonds is 5. The number of anilines is 4. The number of hydrogen-bond donors (Lipinski definition) is 1. The minimum atomic E-state index is 0.269. The Morgan fingerprint density at radius 1 is 1.17 bits per heavy atom. The summed E-state index contributed by atoms with van der Waals surface area (Å²) in [5, 5.41) is 26.5. The maximum Gasteiger partial charge on any atom is 0.229 e. The van der Waals surface area contributed by atoms with Crippen molar-refractivity contribution in [2.24, 2.45) is 7.05 Å². The highest BCUT2D eigenvalue weighted by Gasteiger charge is 2.26. The van der Waals surface area contributed by atoms with Gasteiger partial charge in [0.15, 0.2) is 17.3 Å². The van der Waals surface area contributed by atoms with Crippen molar-refractivity contribution in [3.05, 3.63) is 52.9 Å². The molecule has 178 valence electrons. The molecule has 0 bridgehead atoms. The van der Waals surface area contributed by atoms with Gasteiger partial charge in [-0.15, -0.1) is 10.2 Å². The lowest BCUT2D eigenvalue weighted by Gasteiger charge is -2.37. The van der Waals surface area contributed by atoms with E-state index in [9.17, 15) is 0 Å². The number of halogens is 1. The number of piperidine rings is 1. The maximum absolute atomic E-state index is 8.92. The van der Waals surface area contributed by atoms with Gasteiger partial charge >= 0.3 is 0 Å². The molecule has 1 aromatic carbocycles. The Balaban J connectivity index is 1.28. The van der Waals surface area contributed by atoms with Gasteiger partial charge in [-0.2, -0.15) is 15.3 Å². The smallest absolute Gasteiger partial charge is 0.229 e. The Morgan fingerprint density at radius 3 is 2.69 bits per heavy atom. The molecule has 0 radical (unpaired) electrons. The molecular weight excluding hydrogens is 464 g/mol. The third-order valence-electron chi connectivity index (χ3n) is 6.55. The lowest BCUT2D eigenvalue weighted by Crippen LogP contribution is -2.44. The van der Waals surface area contributed by atoms with E-state index in [0.29, 0.717) is 22.5 Å². The van der Waals surface area contributed by atoms with Crippen molar-refractivity contribution in [2.75, 3.05) is 35.3 Å². The van der Waals surface area contributed by atoms with Gasteiger partial charge in [-0.25, -0.2) is 4.98 Å². The van der Waals surface area contributed by atoms with Crippen LogP contribution < -0.4 is 15.1 Å². The molecule has 5 rings (SSSR count). The van der Waals surface area contributed by atoms with Crippen molar-refractivity contribution in [1.82, 2.24) is 29.9 Å². The van der Waals surface area contributed by atoms with E-state index in [2.05, 4.69) is 48.4 Å². The average Bonchev–Trinajstić information content (AvgIpc) is 3.17. The minimum absolute atomic E-state index is 0.269. The molecular formula is C24H25ClN10. The molecule has 1 N–H and O–H groups in total. The van der Waals surface area contributed by atoms with Crippen LogP contribution in [0.4, 0.5) is 23.3 Å². The quantitative estimate of drug-likeness (QED) is 0.447. The number of hydrogen-bond acceptors (Lipinski definition) is 9. The van der Waals surface area contributed by atoms with Crippen molar-refractivity contribution in [3.8, 4) is 6.07 Å². The summed E-state index contributed by atoms with van der Waals surface area (Å²) >= 11 is 6.50. The van der Waals surface area contributed by atoms with E-state index < -0.39 is 0 Å². The monoisotopic (exact) mass is 488 g/mol. The van der Waals surface area contributed by atoms with Crippen LogP contribution in [0.1, 0.15) is 24.2 Å². The highest BCUT2D eigenvalue weighted by molar-refractivity contribution is 6.32. The van der Waals surface area contributed by atoms with Gasteiger partial charge in [-0.3, -0.25) is 4.68 Å². The van der Waals surface area contributed by atoms with Crippen LogP contribution in [-0.2, 0) is 7.05 Å². The fourth-order valence-corrected chi connectivity index (χ4v) is 4.64. The van der Waals surface area contributed by atoms with Crippen LogP contribution in [0.2, 0.25) is 5.02 Å². The third-order valence-corrected chi connectivity index (χ3v) is 6.81. The zero-order valence-electron chi connectivity index (χ0n) is 19.8. The van der Waals surface area contributed by atoms with Crippen LogP contribution in [0.3, 0.4) is 0 Å². The van der Waals surface area contributed by atoms with E-state index in [1.807, 2.05) is 43.0 Å². The number of aryl methyl sites for hydroxylation is 2. The first kappa shape index (κ1) is 22.8. The molecule has 0 amide bonds. The van der Waals surface area contributed by atoms with Crippen LogP contribution in [0, 0.1) is 18.3 Å². The summed E-state index contributed by atoms with van der Waals surface area (Å²) in [5.74, 6) is 1.96. The summed E-state index contributed by atoms with van der Waals surface area (Å²) in [6.07, 6.45) is 3.46. The lowest BCUT2D eigenvalue weighted by molar-refractivity contribution is 0.477. The molecule has 35 heavy (non-hydrogen) atoms. The summed E-state index contributed by atoms with van der Waals surface area (Å²) in [7, 11) is 3.96. The van der Waals surface area contributed by atoms with E-state index in [1.54, 1.807) is 12.3 Å². The van der Waals surface area contributed by atoms with Crippen LogP contribution in [0.15, 0.2) is 36.5 Å². The number of nitriles is 1. The number of nitrogens with zero attached hydrogens (tertiary/aromatic N) is 9. The average molecular weight is 489 g/mol. The second-order valence-corrected chi connectivity index (χ2v) is 9.06. The van der Waals surface area contributed by atoms with Gasteiger partial charge in [0, 0.05) is 50.0 Å². The second kappa shape index (κ2) is 9.35. The molecule has 1 saturated heterocycles. The molecule has 11 heteroatoms. The van der Waals surface area contributed by atoms with E-state index >= 15 is 0 Å². The molecule has 4 aromatic rings. The summed E-state index contributed by atoms with van der Waals surface area (Å²) in [4.78, 5) is 13.4. The van der Waals surface area contributed by atoms with E-state index in [4.69, 9.17) is 21.8 Å². The minimum Gasteiger partial charge on any atom is -0.355 e. The number of fused-ring (bicyclic) bond motifs is 1. The van der Waals surface area contributed by atoms with Gasteiger partial charge in [0.25, 0.3) is 0 Å². The molecule has 0 atom stereocenters. The van der Waals surface area contributed by atoms with E-state index in [0.717, 1.165) is 54.0 Å². The van der Waals surface area contributed by atoms with E-state index in [-0.39, 0.29) is 6.04 Å². The zero-order chi connectivity index (χ0) is 24.5. The summed E-state index contributed by atoms with van der Waals surface area (Å²) < 4.78 is 1.87. The zero-order valence-corrected chi connectivity index (χ0v) is 20.5. The molecule has 0 unspecified atom stereocenters.